The Bertz CT molecular complexity index is 1220. The molecule has 2 aliphatic rings. The molecule has 3 N–H and O–H groups in total. The number of rotatable bonds is 6. The quantitative estimate of drug-likeness (QED) is 0.468. The number of carbonyl (C=O) groups is 1. The van der Waals surface area contributed by atoms with Crippen molar-refractivity contribution in [2.75, 3.05) is 19.7 Å². The first-order valence-electron chi connectivity index (χ1n) is 11.3. The van der Waals surface area contributed by atoms with Crippen LogP contribution in [0.15, 0.2) is 47.2 Å². The normalized spacial score (nSPS) is 22.6. The molecule has 1 aromatic carbocycles. The van der Waals surface area contributed by atoms with Gasteiger partial charge in [-0.1, -0.05) is 17.0 Å². The standard InChI is InChI=1S/C25H26N4O5/c1-15(31)24-26-8-9-28(24)11-18-10-23(34-27-18)17-5-2-16(3-6-17)4-7-19-20-12-29(13-21(19)20)25(33)22(32)14-30/h2-3,5-6,8-10,15,19-22,30-32H,11-14H2,1H3/t15-,19-,20+,21-,22?/m0/s1. The predicted octanol–water partition coefficient (Wildman–Crippen LogP) is 1.05. The van der Waals surface area contributed by atoms with E-state index in [4.69, 9.17) is 9.63 Å². The fourth-order valence-corrected chi connectivity index (χ4v) is 4.61. The van der Waals surface area contributed by atoms with E-state index in [0.29, 0.717) is 43.1 Å². The van der Waals surface area contributed by atoms with E-state index in [2.05, 4.69) is 22.0 Å². The summed E-state index contributed by atoms with van der Waals surface area (Å²) < 4.78 is 7.34. The van der Waals surface area contributed by atoms with Crippen molar-refractivity contribution in [3.63, 3.8) is 0 Å². The molecule has 176 valence electrons. The largest absolute Gasteiger partial charge is 0.393 e. The molecule has 1 aliphatic carbocycles. The van der Waals surface area contributed by atoms with Gasteiger partial charge in [0.05, 0.1) is 13.2 Å². The van der Waals surface area contributed by atoms with E-state index in [1.807, 2.05) is 34.9 Å². The highest BCUT2D eigenvalue weighted by Crippen LogP contribution is 2.51. The number of likely N-dealkylation sites (tertiary alicyclic amines) is 1. The number of hydrogen-bond donors (Lipinski definition) is 3. The van der Waals surface area contributed by atoms with Gasteiger partial charge in [0.25, 0.3) is 5.91 Å². The molecule has 2 aromatic heterocycles. The Labute approximate surface area is 196 Å². The number of aliphatic hydroxyl groups is 3. The van der Waals surface area contributed by atoms with Crippen molar-refractivity contribution in [2.45, 2.75) is 25.7 Å². The van der Waals surface area contributed by atoms with Gasteiger partial charge in [-0.2, -0.15) is 0 Å². The number of carbonyl (C=O) groups excluding carboxylic acids is 1. The minimum atomic E-state index is -1.33. The fourth-order valence-electron chi connectivity index (χ4n) is 4.61. The number of aliphatic hydroxyl groups excluding tert-OH is 3. The van der Waals surface area contributed by atoms with E-state index < -0.39 is 24.7 Å². The van der Waals surface area contributed by atoms with Crippen LogP contribution < -0.4 is 0 Å². The maximum Gasteiger partial charge on any atom is 0.253 e. The Morgan fingerprint density at radius 1 is 1.24 bits per heavy atom. The van der Waals surface area contributed by atoms with Crippen LogP contribution in [0.2, 0.25) is 0 Å². The summed E-state index contributed by atoms with van der Waals surface area (Å²) >= 11 is 0. The lowest BCUT2D eigenvalue weighted by atomic mass is 10.1. The van der Waals surface area contributed by atoms with Gasteiger partial charge < -0.3 is 29.3 Å². The second kappa shape index (κ2) is 9.06. The van der Waals surface area contributed by atoms with Gasteiger partial charge in [-0.3, -0.25) is 4.79 Å². The predicted molar refractivity (Wildman–Crippen MR) is 121 cm³/mol. The first-order chi connectivity index (χ1) is 16.4. The molecule has 0 radical (unpaired) electrons. The highest BCUT2D eigenvalue weighted by molar-refractivity contribution is 5.81. The number of aromatic nitrogens is 3. The molecule has 1 amide bonds. The summed E-state index contributed by atoms with van der Waals surface area (Å²) in [5.41, 5.74) is 2.53. The summed E-state index contributed by atoms with van der Waals surface area (Å²) in [6.45, 7) is 2.76. The van der Waals surface area contributed by atoms with Crippen molar-refractivity contribution in [1.29, 1.82) is 0 Å². The Morgan fingerprint density at radius 2 is 1.97 bits per heavy atom. The third-order valence-electron chi connectivity index (χ3n) is 6.53. The van der Waals surface area contributed by atoms with Crippen LogP contribution in [-0.4, -0.2) is 66.6 Å². The summed E-state index contributed by atoms with van der Waals surface area (Å²) in [5.74, 6) is 8.32. The number of imidazole rings is 1. The average molecular weight is 463 g/mol. The summed E-state index contributed by atoms with van der Waals surface area (Å²) in [6.07, 6.45) is 1.46. The molecule has 3 aromatic rings. The van der Waals surface area contributed by atoms with Crippen LogP contribution in [0.1, 0.15) is 30.1 Å². The number of fused-ring (bicyclic) bond motifs is 1. The van der Waals surface area contributed by atoms with Crippen LogP contribution in [0.25, 0.3) is 11.3 Å². The first kappa shape index (κ1) is 22.3. The van der Waals surface area contributed by atoms with E-state index >= 15 is 0 Å². The molecule has 3 heterocycles. The minimum absolute atomic E-state index is 0.265. The van der Waals surface area contributed by atoms with Gasteiger partial charge in [-0.15, -0.1) is 0 Å². The highest BCUT2D eigenvalue weighted by atomic mass is 16.5. The van der Waals surface area contributed by atoms with Crippen molar-refractivity contribution < 1.29 is 24.6 Å². The lowest BCUT2D eigenvalue weighted by Gasteiger charge is -2.21. The molecule has 34 heavy (non-hydrogen) atoms. The topological polar surface area (TPSA) is 125 Å². The van der Waals surface area contributed by atoms with E-state index in [1.54, 1.807) is 24.2 Å². The molecule has 9 heteroatoms. The van der Waals surface area contributed by atoms with Crippen molar-refractivity contribution in [1.82, 2.24) is 19.6 Å². The number of hydrogen-bond acceptors (Lipinski definition) is 7. The van der Waals surface area contributed by atoms with Crippen LogP contribution in [0.5, 0.6) is 0 Å². The molecule has 1 saturated heterocycles. The van der Waals surface area contributed by atoms with Gasteiger partial charge in [0.15, 0.2) is 11.9 Å². The van der Waals surface area contributed by atoms with Crippen molar-refractivity contribution in [3.05, 3.63) is 59.8 Å². The van der Waals surface area contributed by atoms with E-state index in [0.717, 1.165) is 16.8 Å². The van der Waals surface area contributed by atoms with Gasteiger partial charge in [0, 0.05) is 48.6 Å². The third-order valence-corrected chi connectivity index (χ3v) is 6.53. The Balaban J connectivity index is 1.18. The van der Waals surface area contributed by atoms with Crippen molar-refractivity contribution in [2.24, 2.45) is 17.8 Å². The Kier molecular flexibility index (Phi) is 5.96. The zero-order valence-corrected chi connectivity index (χ0v) is 18.7. The molecule has 0 spiro atoms. The third kappa shape index (κ3) is 4.35. The van der Waals surface area contributed by atoms with E-state index in [-0.39, 0.29) is 5.92 Å². The Morgan fingerprint density at radius 3 is 2.65 bits per heavy atom. The number of amides is 1. The molecule has 1 saturated carbocycles. The van der Waals surface area contributed by atoms with Crippen LogP contribution in [0, 0.1) is 29.6 Å². The summed E-state index contributed by atoms with van der Waals surface area (Å²) in [6, 6.07) is 9.64. The molecule has 9 nitrogen and oxygen atoms in total. The molecular weight excluding hydrogens is 436 g/mol. The Hall–Kier alpha value is -3.45. The lowest BCUT2D eigenvalue weighted by molar-refractivity contribution is -0.141. The molecule has 0 bridgehead atoms. The van der Waals surface area contributed by atoms with Crippen LogP contribution in [0.3, 0.4) is 0 Å². The van der Waals surface area contributed by atoms with Crippen LogP contribution in [0.4, 0.5) is 0 Å². The van der Waals surface area contributed by atoms with Crippen LogP contribution >= 0.6 is 0 Å². The second-order valence-electron chi connectivity index (χ2n) is 8.91. The van der Waals surface area contributed by atoms with E-state index in [1.165, 1.54) is 0 Å². The van der Waals surface area contributed by atoms with Gasteiger partial charge in [-0.05, 0) is 43.0 Å². The average Bonchev–Trinajstić information content (AvgIpc) is 3.34. The van der Waals surface area contributed by atoms with Gasteiger partial charge in [-0.25, -0.2) is 4.98 Å². The molecule has 5 rings (SSSR count). The zero-order chi connectivity index (χ0) is 23.8. The van der Waals surface area contributed by atoms with Crippen LogP contribution in [-0.2, 0) is 11.3 Å². The second-order valence-corrected chi connectivity index (χ2v) is 8.91. The monoisotopic (exact) mass is 462 g/mol. The molecule has 1 aliphatic heterocycles. The maximum atomic E-state index is 12.0. The number of nitrogens with zero attached hydrogens (tertiary/aromatic N) is 4. The molecular formula is C25H26N4O5. The lowest BCUT2D eigenvalue weighted by Crippen LogP contribution is -2.40. The summed E-state index contributed by atoms with van der Waals surface area (Å²) in [7, 11) is 0. The minimum Gasteiger partial charge on any atom is -0.393 e. The smallest absolute Gasteiger partial charge is 0.253 e. The fraction of sp³-hybridized carbons (Fsp3) is 0.400. The van der Waals surface area contributed by atoms with Gasteiger partial charge in [0.1, 0.15) is 17.6 Å². The maximum absolute atomic E-state index is 12.0. The highest BCUT2D eigenvalue weighted by Gasteiger charge is 2.56. The SMILES string of the molecule is C[C@H](O)c1nccn1Cc1cc(-c2ccc(C#C[C@H]3[C@H]4CN(C(=O)C(O)CO)C[C@@H]34)cc2)on1. The summed E-state index contributed by atoms with van der Waals surface area (Å²) in [4.78, 5) is 17.7. The van der Waals surface area contributed by atoms with Crippen molar-refractivity contribution >= 4 is 5.91 Å². The van der Waals surface area contributed by atoms with Crippen molar-refractivity contribution in [3.8, 4) is 23.2 Å². The van der Waals surface area contributed by atoms with Gasteiger partial charge >= 0.3 is 0 Å². The number of piperidine rings is 1. The first-order valence-corrected chi connectivity index (χ1v) is 11.3. The summed E-state index contributed by atoms with van der Waals surface area (Å²) in [5, 5.41) is 32.4. The van der Waals surface area contributed by atoms with E-state index in [9.17, 15) is 15.0 Å². The molecule has 5 atom stereocenters. The van der Waals surface area contributed by atoms with Gasteiger partial charge in [0.2, 0.25) is 0 Å². The number of benzene rings is 1. The molecule has 1 unspecified atom stereocenters. The molecule has 2 fully saturated rings. The zero-order valence-electron chi connectivity index (χ0n) is 18.7.